The van der Waals surface area contributed by atoms with Gasteiger partial charge >= 0.3 is 12.0 Å². The zero-order chi connectivity index (χ0) is 15.3. The van der Waals surface area contributed by atoms with Crippen molar-refractivity contribution >= 4 is 17.9 Å². The molecule has 1 heterocycles. The van der Waals surface area contributed by atoms with Crippen LogP contribution in [0, 0.1) is 0 Å². The van der Waals surface area contributed by atoms with Crippen molar-refractivity contribution in [1.29, 1.82) is 0 Å². The van der Waals surface area contributed by atoms with Crippen LogP contribution in [0.1, 0.15) is 26.2 Å². The third-order valence-corrected chi connectivity index (χ3v) is 3.22. The van der Waals surface area contributed by atoms with E-state index in [-0.39, 0.29) is 12.5 Å². The maximum atomic E-state index is 12.0. The van der Waals surface area contributed by atoms with E-state index in [0.717, 1.165) is 6.42 Å². The third kappa shape index (κ3) is 4.37. The summed E-state index contributed by atoms with van der Waals surface area (Å²) in [6.45, 7) is 1.61. The lowest BCUT2D eigenvalue weighted by Gasteiger charge is -2.27. The number of hydrogen-bond donors (Lipinski definition) is 4. The molecular formula is C12H21N3O5. The van der Waals surface area contributed by atoms with Crippen LogP contribution in [0.15, 0.2) is 0 Å². The number of aliphatic hydroxyl groups is 1. The molecular weight excluding hydrogens is 266 g/mol. The fourth-order valence-corrected chi connectivity index (χ4v) is 2.20. The van der Waals surface area contributed by atoms with Crippen molar-refractivity contribution in [3.8, 4) is 0 Å². The highest BCUT2D eigenvalue weighted by Gasteiger charge is 2.34. The monoisotopic (exact) mass is 287 g/mol. The van der Waals surface area contributed by atoms with Gasteiger partial charge in [-0.25, -0.2) is 4.79 Å². The number of rotatable bonds is 5. The standard InChI is InChI=1S/C12H21N3O5/c1-12(20,6-9(16)17)7-14-11(19)15-5-3-4-8(15)10(18)13-2/h8,20H,3-7H2,1-2H3,(H,13,18)(H,14,19)(H,16,17). The average molecular weight is 287 g/mol. The van der Waals surface area contributed by atoms with Gasteiger partial charge in [0.1, 0.15) is 6.04 Å². The van der Waals surface area contributed by atoms with E-state index >= 15 is 0 Å². The number of carboxylic acid groups (broad SMARTS) is 1. The van der Waals surface area contributed by atoms with Crippen LogP contribution >= 0.6 is 0 Å². The van der Waals surface area contributed by atoms with Gasteiger partial charge in [0.15, 0.2) is 0 Å². The van der Waals surface area contributed by atoms with E-state index in [1.54, 1.807) is 0 Å². The summed E-state index contributed by atoms with van der Waals surface area (Å²) in [5.74, 6) is -1.37. The number of nitrogens with zero attached hydrogens (tertiary/aromatic N) is 1. The topological polar surface area (TPSA) is 119 Å². The number of likely N-dealkylation sites (tertiary alicyclic amines) is 1. The van der Waals surface area contributed by atoms with E-state index in [2.05, 4.69) is 10.6 Å². The SMILES string of the molecule is CNC(=O)C1CCCN1C(=O)NCC(C)(O)CC(=O)O. The lowest BCUT2D eigenvalue weighted by Crippen LogP contribution is -2.52. The molecule has 8 nitrogen and oxygen atoms in total. The van der Waals surface area contributed by atoms with E-state index in [1.807, 2.05) is 0 Å². The Hall–Kier alpha value is -1.83. The molecule has 3 amide bonds. The Morgan fingerprint density at radius 1 is 1.40 bits per heavy atom. The van der Waals surface area contributed by atoms with Crippen LogP contribution < -0.4 is 10.6 Å². The van der Waals surface area contributed by atoms with E-state index in [1.165, 1.54) is 18.9 Å². The Kier molecular flexibility index (Phi) is 5.32. The number of carboxylic acids is 1. The number of nitrogens with one attached hydrogen (secondary N) is 2. The minimum Gasteiger partial charge on any atom is -0.481 e. The maximum Gasteiger partial charge on any atom is 0.318 e. The van der Waals surface area contributed by atoms with Crippen molar-refractivity contribution in [2.45, 2.75) is 37.8 Å². The van der Waals surface area contributed by atoms with Crippen molar-refractivity contribution in [3.63, 3.8) is 0 Å². The molecule has 4 N–H and O–H groups in total. The predicted octanol–water partition coefficient (Wildman–Crippen LogP) is -0.868. The van der Waals surface area contributed by atoms with Crippen LogP contribution in [-0.2, 0) is 9.59 Å². The molecule has 0 aromatic heterocycles. The van der Waals surface area contributed by atoms with E-state index in [4.69, 9.17) is 5.11 Å². The molecule has 1 rings (SSSR count). The molecule has 20 heavy (non-hydrogen) atoms. The van der Waals surface area contributed by atoms with Crippen LogP contribution in [0.2, 0.25) is 0 Å². The molecule has 2 atom stereocenters. The molecule has 0 radical (unpaired) electrons. The maximum absolute atomic E-state index is 12.0. The molecule has 0 spiro atoms. The van der Waals surface area contributed by atoms with Crippen LogP contribution in [0.25, 0.3) is 0 Å². The van der Waals surface area contributed by atoms with Crippen LogP contribution in [0.3, 0.4) is 0 Å². The largest absolute Gasteiger partial charge is 0.481 e. The van der Waals surface area contributed by atoms with Crippen LogP contribution in [0.5, 0.6) is 0 Å². The number of aliphatic carboxylic acids is 1. The lowest BCUT2D eigenvalue weighted by atomic mass is 10.0. The van der Waals surface area contributed by atoms with Crippen LogP contribution in [0.4, 0.5) is 4.79 Å². The Labute approximate surface area is 117 Å². The van der Waals surface area contributed by atoms with E-state index < -0.39 is 30.1 Å². The number of likely N-dealkylation sites (N-methyl/N-ethyl adjacent to an activating group) is 1. The first-order chi connectivity index (χ1) is 9.26. The Morgan fingerprint density at radius 2 is 2.05 bits per heavy atom. The highest BCUT2D eigenvalue weighted by atomic mass is 16.4. The first-order valence-corrected chi connectivity index (χ1v) is 6.47. The summed E-state index contributed by atoms with van der Waals surface area (Å²) in [6.07, 6.45) is 0.863. The summed E-state index contributed by atoms with van der Waals surface area (Å²) >= 11 is 0. The fraction of sp³-hybridized carbons (Fsp3) is 0.750. The minimum atomic E-state index is -1.52. The second-order valence-corrected chi connectivity index (χ2v) is 5.19. The molecule has 1 fully saturated rings. The molecule has 1 aliphatic rings. The average Bonchev–Trinajstić information content (AvgIpc) is 2.82. The predicted molar refractivity (Wildman–Crippen MR) is 70.1 cm³/mol. The molecule has 0 saturated carbocycles. The van der Waals surface area contributed by atoms with Gasteiger partial charge in [0.2, 0.25) is 5.91 Å². The van der Waals surface area contributed by atoms with E-state index in [9.17, 15) is 19.5 Å². The fourth-order valence-electron chi connectivity index (χ4n) is 2.20. The van der Waals surface area contributed by atoms with Gasteiger partial charge in [0.05, 0.1) is 12.0 Å². The normalized spacial score (nSPS) is 21.1. The molecule has 8 heteroatoms. The number of hydrogen-bond acceptors (Lipinski definition) is 4. The van der Waals surface area contributed by atoms with Gasteiger partial charge in [-0.3, -0.25) is 9.59 Å². The third-order valence-electron chi connectivity index (χ3n) is 3.22. The summed E-state index contributed by atoms with van der Waals surface area (Å²) in [6, 6.07) is -0.980. The Balaban J connectivity index is 2.54. The van der Waals surface area contributed by atoms with Crippen molar-refractivity contribution in [2.24, 2.45) is 0 Å². The number of urea groups is 1. The highest BCUT2D eigenvalue weighted by Crippen LogP contribution is 2.17. The molecule has 0 aromatic carbocycles. The molecule has 2 unspecified atom stereocenters. The Bertz CT molecular complexity index is 397. The van der Waals surface area contributed by atoms with Crippen molar-refractivity contribution < 1.29 is 24.6 Å². The van der Waals surface area contributed by atoms with Gasteiger partial charge in [-0.1, -0.05) is 0 Å². The molecule has 1 saturated heterocycles. The summed E-state index contributed by atoms with van der Waals surface area (Å²) in [5.41, 5.74) is -1.52. The summed E-state index contributed by atoms with van der Waals surface area (Å²) in [5, 5.41) is 23.4. The smallest absolute Gasteiger partial charge is 0.318 e. The first kappa shape index (κ1) is 16.2. The summed E-state index contributed by atoms with van der Waals surface area (Å²) < 4.78 is 0. The van der Waals surface area contributed by atoms with Crippen LogP contribution in [-0.4, -0.2) is 64.8 Å². The summed E-state index contributed by atoms with van der Waals surface area (Å²) in [4.78, 5) is 35.6. The quantitative estimate of drug-likeness (QED) is 0.524. The number of carbonyl (C=O) groups excluding carboxylic acids is 2. The first-order valence-electron chi connectivity index (χ1n) is 6.47. The molecule has 1 aliphatic heterocycles. The lowest BCUT2D eigenvalue weighted by molar-refractivity contribution is -0.141. The Morgan fingerprint density at radius 3 is 2.60 bits per heavy atom. The van der Waals surface area contributed by atoms with E-state index in [0.29, 0.717) is 13.0 Å². The van der Waals surface area contributed by atoms with Gasteiger partial charge in [0, 0.05) is 20.1 Å². The molecule has 114 valence electrons. The van der Waals surface area contributed by atoms with Crippen molar-refractivity contribution in [3.05, 3.63) is 0 Å². The van der Waals surface area contributed by atoms with Gasteiger partial charge < -0.3 is 25.7 Å². The summed E-state index contributed by atoms with van der Waals surface area (Å²) in [7, 11) is 1.51. The second-order valence-electron chi connectivity index (χ2n) is 5.19. The van der Waals surface area contributed by atoms with Gasteiger partial charge in [-0.05, 0) is 19.8 Å². The number of amides is 3. The van der Waals surface area contributed by atoms with Crippen molar-refractivity contribution in [1.82, 2.24) is 15.5 Å². The minimum absolute atomic E-state index is 0.185. The molecule has 0 bridgehead atoms. The number of carbonyl (C=O) groups is 3. The molecule has 0 aliphatic carbocycles. The second kappa shape index (κ2) is 6.56. The van der Waals surface area contributed by atoms with Crippen molar-refractivity contribution in [2.75, 3.05) is 20.1 Å². The van der Waals surface area contributed by atoms with Gasteiger partial charge in [0.25, 0.3) is 0 Å². The highest BCUT2D eigenvalue weighted by molar-refractivity contribution is 5.87. The zero-order valence-electron chi connectivity index (χ0n) is 11.7. The zero-order valence-corrected chi connectivity index (χ0v) is 11.7. The molecule has 0 aromatic rings. The van der Waals surface area contributed by atoms with Gasteiger partial charge in [-0.2, -0.15) is 0 Å². The van der Waals surface area contributed by atoms with Gasteiger partial charge in [-0.15, -0.1) is 0 Å².